The molecule has 0 bridgehead atoms. The number of anilines is 1. The third-order valence-electron chi connectivity index (χ3n) is 3.92. The highest BCUT2D eigenvalue weighted by Gasteiger charge is 2.24. The van der Waals surface area contributed by atoms with Crippen LogP contribution in [0.2, 0.25) is 0 Å². The largest absolute Gasteiger partial charge is 0.379 e. The first-order valence-corrected chi connectivity index (χ1v) is 10.3. The zero-order valence-electron chi connectivity index (χ0n) is 13.5. The lowest BCUT2D eigenvalue weighted by Crippen LogP contribution is -2.43. The number of alkyl halides is 1. The van der Waals surface area contributed by atoms with Crippen LogP contribution in [0.25, 0.3) is 0 Å². The summed E-state index contributed by atoms with van der Waals surface area (Å²) in [6.45, 7) is 3.32. The summed E-state index contributed by atoms with van der Waals surface area (Å²) in [6.07, 6.45) is 0. The van der Waals surface area contributed by atoms with E-state index in [0.29, 0.717) is 19.8 Å². The third kappa shape index (κ3) is 5.42. The molecule has 130 valence electrons. The number of nitrogens with one attached hydrogen (secondary N) is 1. The Morgan fingerprint density at radius 3 is 2.39 bits per heavy atom. The van der Waals surface area contributed by atoms with Crippen molar-refractivity contribution in [2.45, 2.75) is 6.04 Å². The molecule has 23 heavy (non-hydrogen) atoms. The van der Waals surface area contributed by atoms with Gasteiger partial charge in [0.25, 0.3) is 0 Å². The minimum Gasteiger partial charge on any atom is -0.379 e. The minimum absolute atomic E-state index is 0.00365. The molecule has 8 heteroatoms. The van der Waals surface area contributed by atoms with Gasteiger partial charge < -0.3 is 9.64 Å². The summed E-state index contributed by atoms with van der Waals surface area (Å²) in [6, 6.07) is 8.25. The molecular formula is C15H24BrN3O3S. The molecule has 0 spiro atoms. The van der Waals surface area contributed by atoms with Gasteiger partial charge in [0, 0.05) is 45.5 Å². The molecule has 1 aliphatic rings. The number of ether oxygens (including phenoxy) is 1. The van der Waals surface area contributed by atoms with E-state index in [9.17, 15) is 8.42 Å². The van der Waals surface area contributed by atoms with E-state index < -0.39 is 10.0 Å². The fraction of sp³-hybridized carbons (Fsp3) is 0.600. The lowest BCUT2D eigenvalue weighted by molar-refractivity contribution is 0.0172. The molecule has 1 saturated heterocycles. The molecule has 6 nitrogen and oxygen atoms in total. The molecule has 0 aliphatic carbocycles. The van der Waals surface area contributed by atoms with Gasteiger partial charge in [-0.25, -0.2) is 13.1 Å². The van der Waals surface area contributed by atoms with Gasteiger partial charge in [0.15, 0.2) is 0 Å². The van der Waals surface area contributed by atoms with Gasteiger partial charge in [-0.3, -0.25) is 4.90 Å². The minimum atomic E-state index is -3.28. The number of morpholine rings is 1. The molecule has 2 rings (SSSR count). The molecule has 0 aromatic heterocycles. The summed E-state index contributed by atoms with van der Waals surface area (Å²) in [5.41, 5.74) is 2.23. The summed E-state index contributed by atoms with van der Waals surface area (Å²) in [5.74, 6) is 0. The van der Waals surface area contributed by atoms with Gasteiger partial charge in [-0.1, -0.05) is 28.1 Å². The van der Waals surface area contributed by atoms with Crippen LogP contribution >= 0.6 is 15.9 Å². The van der Waals surface area contributed by atoms with E-state index in [2.05, 4.69) is 49.8 Å². The van der Waals surface area contributed by atoms with Gasteiger partial charge in [-0.05, 0) is 17.7 Å². The Kier molecular flexibility index (Phi) is 6.84. The van der Waals surface area contributed by atoms with Crippen LogP contribution in [0.4, 0.5) is 5.69 Å². The van der Waals surface area contributed by atoms with E-state index in [0.717, 1.165) is 24.3 Å². The maximum atomic E-state index is 11.8. The van der Waals surface area contributed by atoms with Gasteiger partial charge in [-0.15, -0.1) is 0 Å². The second-order valence-corrected chi connectivity index (χ2v) is 8.83. The highest BCUT2D eigenvalue weighted by atomic mass is 79.9. The van der Waals surface area contributed by atoms with Crippen molar-refractivity contribution in [2.75, 3.05) is 56.5 Å². The Labute approximate surface area is 147 Å². The van der Waals surface area contributed by atoms with Crippen molar-refractivity contribution in [2.24, 2.45) is 0 Å². The third-order valence-corrected chi connectivity index (χ3v) is 6.62. The Morgan fingerprint density at radius 1 is 1.26 bits per heavy atom. The highest BCUT2D eigenvalue weighted by Crippen LogP contribution is 2.24. The monoisotopic (exact) mass is 405 g/mol. The predicted octanol–water partition coefficient (Wildman–Crippen LogP) is 1.40. The fourth-order valence-electron chi connectivity index (χ4n) is 2.59. The standard InChI is InChI=1S/C15H24BrN3O3S/c1-18(2)14-5-3-13(4-6-14)15(11-17-23(20,21)12-16)19-7-9-22-10-8-19/h3-6,15,17H,7-12H2,1-2H3/t15-/m1/s1. The molecule has 1 aromatic rings. The van der Waals surface area contributed by atoms with Gasteiger partial charge in [0.05, 0.1) is 13.2 Å². The fourth-order valence-corrected chi connectivity index (χ4v) is 3.56. The maximum Gasteiger partial charge on any atom is 0.221 e. The molecule has 0 saturated carbocycles. The second-order valence-electron chi connectivity index (χ2n) is 5.72. The quantitative estimate of drug-likeness (QED) is 0.694. The first-order valence-electron chi connectivity index (χ1n) is 7.55. The number of benzene rings is 1. The Bertz CT molecular complexity index is 586. The lowest BCUT2D eigenvalue weighted by atomic mass is 10.0. The van der Waals surface area contributed by atoms with Gasteiger partial charge in [-0.2, -0.15) is 0 Å². The van der Waals surface area contributed by atoms with E-state index in [1.54, 1.807) is 0 Å². The van der Waals surface area contributed by atoms with Crippen LogP contribution in [0.1, 0.15) is 11.6 Å². The van der Waals surface area contributed by atoms with Crippen LogP contribution in [0.5, 0.6) is 0 Å². The molecule has 1 fully saturated rings. The van der Waals surface area contributed by atoms with Crippen LogP contribution in [-0.4, -0.2) is 64.9 Å². The summed E-state index contributed by atoms with van der Waals surface area (Å²) in [5, 5.41) is 0. The van der Waals surface area contributed by atoms with Crippen LogP contribution in [0, 0.1) is 0 Å². The summed E-state index contributed by atoms with van der Waals surface area (Å²) >= 11 is 3.01. The Morgan fingerprint density at radius 2 is 1.87 bits per heavy atom. The molecule has 1 atom stereocenters. The Balaban J connectivity index is 2.17. The van der Waals surface area contributed by atoms with Crippen molar-refractivity contribution < 1.29 is 13.2 Å². The number of halogens is 1. The van der Waals surface area contributed by atoms with Crippen molar-refractivity contribution in [3.8, 4) is 0 Å². The van der Waals surface area contributed by atoms with E-state index in [-0.39, 0.29) is 10.7 Å². The molecule has 0 radical (unpaired) electrons. The van der Waals surface area contributed by atoms with Crippen molar-refractivity contribution in [1.29, 1.82) is 0 Å². The van der Waals surface area contributed by atoms with Crippen LogP contribution in [0.15, 0.2) is 24.3 Å². The van der Waals surface area contributed by atoms with Gasteiger partial charge in [0.1, 0.15) is 4.66 Å². The zero-order valence-corrected chi connectivity index (χ0v) is 15.9. The molecule has 0 amide bonds. The van der Waals surface area contributed by atoms with Crippen LogP contribution < -0.4 is 9.62 Å². The van der Waals surface area contributed by atoms with Crippen LogP contribution in [0.3, 0.4) is 0 Å². The number of rotatable bonds is 7. The van der Waals surface area contributed by atoms with E-state index in [1.807, 2.05) is 19.0 Å². The molecule has 1 N–H and O–H groups in total. The number of hydrogen-bond donors (Lipinski definition) is 1. The van der Waals surface area contributed by atoms with Gasteiger partial charge >= 0.3 is 0 Å². The molecule has 1 aromatic carbocycles. The first-order chi connectivity index (χ1) is 10.9. The first kappa shape index (κ1) is 18.7. The molecule has 1 heterocycles. The highest BCUT2D eigenvalue weighted by molar-refractivity contribution is 9.10. The van der Waals surface area contributed by atoms with Gasteiger partial charge in [0.2, 0.25) is 10.0 Å². The topological polar surface area (TPSA) is 61.9 Å². The average Bonchev–Trinajstić information content (AvgIpc) is 2.56. The number of nitrogens with zero attached hydrogens (tertiary/aromatic N) is 2. The predicted molar refractivity (Wildman–Crippen MR) is 96.6 cm³/mol. The zero-order chi connectivity index (χ0) is 16.9. The van der Waals surface area contributed by atoms with Crippen molar-refractivity contribution in [1.82, 2.24) is 9.62 Å². The summed E-state index contributed by atoms with van der Waals surface area (Å²) in [4.78, 5) is 4.31. The van der Waals surface area contributed by atoms with Crippen molar-refractivity contribution in [3.63, 3.8) is 0 Å². The Hall–Kier alpha value is -0.670. The second kappa shape index (κ2) is 8.43. The van der Waals surface area contributed by atoms with E-state index in [4.69, 9.17) is 4.74 Å². The van der Waals surface area contributed by atoms with E-state index in [1.165, 1.54) is 0 Å². The summed E-state index contributed by atoms with van der Waals surface area (Å²) in [7, 11) is 0.715. The van der Waals surface area contributed by atoms with E-state index >= 15 is 0 Å². The normalized spacial score (nSPS) is 17.9. The summed E-state index contributed by atoms with van der Waals surface area (Å²) < 4.78 is 31.5. The molecule has 1 aliphatic heterocycles. The number of hydrogen-bond acceptors (Lipinski definition) is 5. The van der Waals surface area contributed by atoms with Crippen molar-refractivity contribution in [3.05, 3.63) is 29.8 Å². The van der Waals surface area contributed by atoms with Crippen molar-refractivity contribution >= 4 is 31.6 Å². The smallest absolute Gasteiger partial charge is 0.221 e. The SMILES string of the molecule is CN(C)c1ccc([C@@H](CNS(=O)(=O)CBr)N2CCOCC2)cc1. The molecule has 0 unspecified atom stereocenters. The number of sulfonamides is 1. The van der Waals surface area contributed by atoms with Crippen LogP contribution in [-0.2, 0) is 14.8 Å². The lowest BCUT2D eigenvalue weighted by Gasteiger charge is -2.35. The average molecular weight is 406 g/mol. The molecular weight excluding hydrogens is 382 g/mol. The maximum absolute atomic E-state index is 11.8.